The summed E-state index contributed by atoms with van der Waals surface area (Å²) in [5.41, 5.74) is 1.25. The zero-order valence-corrected chi connectivity index (χ0v) is 19.6. The van der Waals surface area contributed by atoms with E-state index in [1.54, 1.807) is 18.2 Å². The number of benzene rings is 1. The lowest BCUT2D eigenvalue weighted by molar-refractivity contribution is -0.123. The third-order valence-electron chi connectivity index (χ3n) is 5.37. The molecule has 0 radical (unpaired) electrons. The first-order valence-corrected chi connectivity index (χ1v) is 13.2. The van der Waals surface area contributed by atoms with Crippen molar-refractivity contribution >= 4 is 43.2 Å². The molecule has 1 aliphatic rings. The zero-order chi connectivity index (χ0) is 22.9. The Morgan fingerprint density at radius 1 is 1.25 bits per heavy atom. The van der Waals surface area contributed by atoms with Gasteiger partial charge in [-0.3, -0.25) is 9.59 Å². The highest BCUT2D eigenvalue weighted by Gasteiger charge is 2.31. The van der Waals surface area contributed by atoms with Gasteiger partial charge in [0.15, 0.2) is 15.0 Å². The Balaban J connectivity index is 1.48. The van der Waals surface area contributed by atoms with Gasteiger partial charge in [0.25, 0.3) is 5.91 Å². The van der Waals surface area contributed by atoms with E-state index in [0.29, 0.717) is 18.4 Å². The van der Waals surface area contributed by atoms with Crippen molar-refractivity contribution in [3.8, 4) is 5.13 Å². The molecular weight excluding hydrogens is 448 g/mol. The second-order valence-corrected chi connectivity index (χ2v) is 11.8. The zero-order valence-electron chi connectivity index (χ0n) is 17.9. The summed E-state index contributed by atoms with van der Waals surface area (Å²) in [5, 5.41) is 6.45. The number of fused-ring (bicyclic) bond motifs is 1. The summed E-state index contributed by atoms with van der Waals surface area (Å²) < 4.78 is 26.2. The first kappa shape index (κ1) is 22.5. The summed E-state index contributed by atoms with van der Waals surface area (Å²) in [7, 11) is -3.10. The van der Waals surface area contributed by atoms with Crippen molar-refractivity contribution in [1.29, 1.82) is 0 Å². The van der Waals surface area contributed by atoms with Crippen molar-refractivity contribution in [3.63, 3.8) is 0 Å². The Morgan fingerprint density at radius 2 is 2.00 bits per heavy atom. The standard InChI is InChI=1S/C22H26N4O4S2/c1-14(2)11-18(21(28)23-16-7-10-32(29,30)13-16)24-20(27)15-5-6-17-19(12-15)31-22(25-17)26-8-3-4-9-26/h3-6,8-9,12,14,16,18H,7,10-11,13H2,1-2H3,(H,23,28)(H,24,27)/t16-,18+/m0/s1. The molecular formula is C22H26N4O4S2. The van der Waals surface area contributed by atoms with Gasteiger partial charge in [-0.05, 0) is 49.1 Å². The number of rotatable bonds is 7. The first-order valence-electron chi connectivity index (χ1n) is 10.6. The largest absolute Gasteiger partial charge is 0.351 e. The van der Waals surface area contributed by atoms with Gasteiger partial charge in [0.05, 0.1) is 21.7 Å². The Hall–Kier alpha value is -2.72. The molecule has 0 spiro atoms. The van der Waals surface area contributed by atoms with Crippen molar-refractivity contribution in [2.45, 2.75) is 38.8 Å². The summed E-state index contributed by atoms with van der Waals surface area (Å²) >= 11 is 1.48. The fraction of sp³-hybridized carbons (Fsp3) is 0.409. The smallest absolute Gasteiger partial charge is 0.251 e. The molecule has 3 heterocycles. The normalized spacial score (nSPS) is 18.7. The minimum atomic E-state index is -3.10. The molecule has 0 bridgehead atoms. The molecule has 2 atom stereocenters. The molecule has 32 heavy (non-hydrogen) atoms. The number of hydrogen-bond acceptors (Lipinski definition) is 6. The van der Waals surface area contributed by atoms with E-state index in [-0.39, 0.29) is 29.2 Å². The summed E-state index contributed by atoms with van der Waals surface area (Å²) in [6.07, 6.45) is 4.69. The van der Waals surface area contributed by atoms with Crippen LogP contribution in [0.5, 0.6) is 0 Å². The highest BCUT2D eigenvalue weighted by Crippen LogP contribution is 2.26. The number of carbonyl (C=O) groups excluding carboxylic acids is 2. The van der Waals surface area contributed by atoms with E-state index in [4.69, 9.17) is 0 Å². The molecule has 2 amide bonds. The molecule has 0 saturated carbocycles. The van der Waals surface area contributed by atoms with E-state index < -0.39 is 21.9 Å². The van der Waals surface area contributed by atoms with E-state index in [2.05, 4.69) is 15.6 Å². The van der Waals surface area contributed by atoms with Gasteiger partial charge in [-0.2, -0.15) is 0 Å². The van der Waals surface area contributed by atoms with Crippen LogP contribution in [0, 0.1) is 5.92 Å². The van der Waals surface area contributed by atoms with E-state index in [1.807, 2.05) is 42.9 Å². The lowest BCUT2D eigenvalue weighted by atomic mass is 10.0. The van der Waals surface area contributed by atoms with Gasteiger partial charge in [-0.25, -0.2) is 13.4 Å². The number of hydrogen-bond donors (Lipinski definition) is 2. The molecule has 1 aromatic carbocycles. The topological polar surface area (TPSA) is 110 Å². The molecule has 1 fully saturated rings. The van der Waals surface area contributed by atoms with Crippen LogP contribution in [0.25, 0.3) is 15.3 Å². The number of nitrogens with zero attached hydrogens (tertiary/aromatic N) is 2. The minimum Gasteiger partial charge on any atom is -0.351 e. The van der Waals surface area contributed by atoms with Crippen LogP contribution in [0.4, 0.5) is 0 Å². The average Bonchev–Trinajstić information content (AvgIpc) is 3.45. The molecule has 1 aliphatic heterocycles. The Kier molecular flexibility index (Phi) is 6.34. The fourth-order valence-corrected chi connectivity index (χ4v) is 6.43. The van der Waals surface area contributed by atoms with Crippen LogP contribution < -0.4 is 10.6 Å². The van der Waals surface area contributed by atoms with Crippen LogP contribution in [0.15, 0.2) is 42.7 Å². The predicted octanol–water partition coefficient (Wildman–Crippen LogP) is 2.53. The Labute approximate surface area is 191 Å². The molecule has 10 heteroatoms. The number of nitrogens with one attached hydrogen (secondary N) is 2. The lowest BCUT2D eigenvalue weighted by Gasteiger charge is -2.22. The second-order valence-electron chi connectivity index (χ2n) is 8.53. The molecule has 1 saturated heterocycles. The van der Waals surface area contributed by atoms with Gasteiger partial charge in [0.1, 0.15) is 6.04 Å². The number of aromatic nitrogens is 2. The van der Waals surface area contributed by atoms with Crippen LogP contribution in [-0.2, 0) is 14.6 Å². The van der Waals surface area contributed by atoms with Crippen LogP contribution >= 0.6 is 11.3 Å². The van der Waals surface area contributed by atoms with Crippen molar-refractivity contribution in [3.05, 3.63) is 48.3 Å². The average molecular weight is 475 g/mol. The summed E-state index contributed by atoms with van der Waals surface area (Å²) in [4.78, 5) is 30.4. The molecule has 4 rings (SSSR count). The SMILES string of the molecule is CC(C)C[C@@H](NC(=O)c1ccc2nc(-n3cccc3)sc2c1)C(=O)N[C@H]1CCS(=O)(=O)C1. The molecule has 170 valence electrons. The summed E-state index contributed by atoms with van der Waals surface area (Å²) in [5.74, 6) is -0.483. The number of amides is 2. The first-order chi connectivity index (χ1) is 15.2. The maximum atomic E-state index is 13.0. The molecule has 8 nitrogen and oxygen atoms in total. The highest BCUT2D eigenvalue weighted by atomic mass is 32.2. The maximum absolute atomic E-state index is 13.0. The fourth-order valence-electron chi connectivity index (χ4n) is 3.78. The Morgan fingerprint density at radius 3 is 2.66 bits per heavy atom. The highest BCUT2D eigenvalue weighted by molar-refractivity contribution is 7.91. The van der Waals surface area contributed by atoms with E-state index in [1.165, 1.54) is 11.3 Å². The number of thiazole rings is 1. The third-order valence-corrected chi connectivity index (χ3v) is 8.17. The van der Waals surface area contributed by atoms with Gasteiger partial charge in [-0.1, -0.05) is 25.2 Å². The Bertz CT molecular complexity index is 1230. The summed E-state index contributed by atoms with van der Waals surface area (Å²) in [6.45, 7) is 3.94. The van der Waals surface area contributed by atoms with Gasteiger partial charge in [0, 0.05) is 24.0 Å². The van der Waals surface area contributed by atoms with Crippen molar-refractivity contribution < 1.29 is 18.0 Å². The summed E-state index contributed by atoms with van der Waals surface area (Å²) in [6, 6.07) is 7.98. The monoisotopic (exact) mass is 474 g/mol. The van der Waals surface area contributed by atoms with Gasteiger partial charge >= 0.3 is 0 Å². The second kappa shape index (κ2) is 9.03. The van der Waals surface area contributed by atoms with Crippen molar-refractivity contribution in [2.24, 2.45) is 5.92 Å². The maximum Gasteiger partial charge on any atom is 0.251 e. The van der Waals surface area contributed by atoms with Crippen LogP contribution in [0.3, 0.4) is 0 Å². The predicted molar refractivity (Wildman–Crippen MR) is 125 cm³/mol. The van der Waals surface area contributed by atoms with Crippen molar-refractivity contribution in [1.82, 2.24) is 20.2 Å². The molecule has 2 N–H and O–H groups in total. The van der Waals surface area contributed by atoms with Crippen LogP contribution in [-0.4, -0.2) is 53.4 Å². The van der Waals surface area contributed by atoms with Crippen LogP contribution in [0.1, 0.15) is 37.0 Å². The molecule has 3 aromatic rings. The minimum absolute atomic E-state index is 0.0488. The lowest BCUT2D eigenvalue weighted by Crippen LogP contribution is -2.50. The van der Waals surface area contributed by atoms with Gasteiger partial charge < -0.3 is 15.2 Å². The van der Waals surface area contributed by atoms with Crippen LogP contribution in [0.2, 0.25) is 0 Å². The quantitative estimate of drug-likeness (QED) is 0.547. The van der Waals surface area contributed by atoms with Crippen molar-refractivity contribution in [2.75, 3.05) is 11.5 Å². The molecule has 0 unspecified atom stereocenters. The molecule has 0 aliphatic carbocycles. The number of carbonyl (C=O) groups is 2. The van der Waals surface area contributed by atoms with Gasteiger partial charge in [-0.15, -0.1) is 0 Å². The van der Waals surface area contributed by atoms with Gasteiger partial charge in [0.2, 0.25) is 5.91 Å². The van der Waals surface area contributed by atoms with E-state index in [9.17, 15) is 18.0 Å². The third kappa shape index (κ3) is 5.18. The van der Waals surface area contributed by atoms with E-state index >= 15 is 0 Å². The van der Waals surface area contributed by atoms with E-state index in [0.717, 1.165) is 15.3 Å². The molecule has 2 aromatic heterocycles. The number of sulfone groups is 1.